The number of benzene rings is 1. The molecule has 2 aromatic rings. The van der Waals surface area contributed by atoms with Crippen molar-refractivity contribution in [2.24, 2.45) is 5.92 Å². The van der Waals surface area contributed by atoms with Crippen LogP contribution in [0.3, 0.4) is 0 Å². The van der Waals surface area contributed by atoms with Crippen molar-refractivity contribution in [3.05, 3.63) is 57.5 Å². The topological polar surface area (TPSA) is 123 Å². The SMILES string of the molecule is CC(C)(C)OC(=O)NC1CC2CCC1c1nc(C(=O)NCc3ccc(F)cc3)c(O)c(=O)n1C2. The van der Waals surface area contributed by atoms with Gasteiger partial charge in [0.05, 0.1) is 0 Å². The number of aromatic hydroxyl groups is 1. The second-order valence-electron chi connectivity index (χ2n) is 9.93. The van der Waals surface area contributed by atoms with E-state index in [2.05, 4.69) is 15.6 Å². The van der Waals surface area contributed by atoms with Gasteiger partial charge in [-0.25, -0.2) is 14.2 Å². The minimum Gasteiger partial charge on any atom is -0.501 e. The van der Waals surface area contributed by atoms with Crippen molar-refractivity contribution in [1.82, 2.24) is 20.2 Å². The van der Waals surface area contributed by atoms with Crippen molar-refractivity contribution < 1.29 is 23.8 Å². The van der Waals surface area contributed by atoms with Gasteiger partial charge in [0.25, 0.3) is 11.5 Å². The quantitative estimate of drug-likeness (QED) is 0.629. The summed E-state index contributed by atoms with van der Waals surface area (Å²) in [5, 5.41) is 16.0. The van der Waals surface area contributed by atoms with E-state index in [0.717, 1.165) is 6.42 Å². The third-order valence-electron chi connectivity index (χ3n) is 6.19. The smallest absolute Gasteiger partial charge is 0.407 e. The number of aromatic nitrogens is 2. The standard InChI is InChI=1S/C24H29FN4O5/c1-24(2,3)34-23(33)27-17-10-14-6-9-16(17)20-28-18(19(30)22(32)29(20)12-14)21(31)26-11-13-4-7-15(25)8-5-13/h4-5,7-8,14,16-17,30H,6,9-12H2,1-3H3,(H,26,31)(H,27,33). The first-order chi connectivity index (χ1) is 16.0. The Morgan fingerprint density at radius 1 is 1.24 bits per heavy atom. The van der Waals surface area contributed by atoms with Crippen LogP contribution >= 0.6 is 0 Å². The van der Waals surface area contributed by atoms with Gasteiger partial charge in [0.1, 0.15) is 17.2 Å². The fraction of sp³-hybridized carbons (Fsp3) is 0.500. The first-order valence-corrected chi connectivity index (χ1v) is 11.4. The van der Waals surface area contributed by atoms with Crippen LogP contribution in [-0.4, -0.2) is 38.3 Å². The molecule has 0 saturated heterocycles. The molecule has 10 heteroatoms. The fourth-order valence-corrected chi connectivity index (χ4v) is 4.66. The van der Waals surface area contributed by atoms with Crippen molar-refractivity contribution in [2.75, 3.05) is 0 Å². The number of amides is 2. The second kappa shape index (κ2) is 9.08. The van der Waals surface area contributed by atoms with Gasteiger partial charge in [0.15, 0.2) is 5.69 Å². The lowest BCUT2D eigenvalue weighted by atomic mass is 9.79. The molecule has 3 heterocycles. The Kier molecular flexibility index (Phi) is 6.33. The maximum Gasteiger partial charge on any atom is 0.407 e. The van der Waals surface area contributed by atoms with E-state index in [9.17, 15) is 23.9 Å². The van der Waals surface area contributed by atoms with Gasteiger partial charge in [-0.15, -0.1) is 0 Å². The van der Waals surface area contributed by atoms with Crippen LogP contribution in [0.1, 0.15) is 67.8 Å². The van der Waals surface area contributed by atoms with Gasteiger partial charge < -0.3 is 20.5 Å². The van der Waals surface area contributed by atoms with Crippen LogP contribution in [0.25, 0.3) is 0 Å². The molecule has 5 rings (SSSR count). The summed E-state index contributed by atoms with van der Waals surface area (Å²) >= 11 is 0. The van der Waals surface area contributed by atoms with Gasteiger partial charge >= 0.3 is 6.09 Å². The molecule has 9 nitrogen and oxygen atoms in total. The Morgan fingerprint density at radius 2 is 1.94 bits per heavy atom. The summed E-state index contributed by atoms with van der Waals surface area (Å²) < 4.78 is 19.9. The van der Waals surface area contributed by atoms with Crippen LogP contribution in [0.5, 0.6) is 5.75 Å². The number of ether oxygens (including phenoxy) is 1. The first-order valence-electron chi connectivity index (χ1n) is 11.4. The van der Waals surface area contributed by atoms with Gasteiger partial charge in [0, 0.05) is 25.0 Å². The van der Waals surface area contributed by atoms with Crippen LogP contribution in [0.15, 0.2) is 29.1 Å². The number of fused-ring (bicyclic) bond motifs is 2. The van der Waals surface area contributed by atoms with Crippen molar-refractivity contribution in [2.45, 2.75) is 70.7 Å². The molecule has 1 aromatic carbocycles. The maximum absolute atomic E-state index is 13.1. The lowest BCUT2D eigenvalue weighted by Crippen LogP contribution is -2.44. The molecule has 2 amide bonds. The minimum absolute atomic E-state index is 0.0764. The molecule has 0 radical (unpaired) electrons. The van der Waals surface area contributed by atoms with E-state index in [1.807, 2.05) is 0 Å². The Bertz CT molecular complexity index is 1160. The summed E-state index contributed by atoms with van der Waals surface area (Å²) in [4.78, 5) is 42.6. The molecular weight excluding hydrogens is 443 g/mol. The lowest BCUT2D eigenvalue weighted by molar-refractivity contribution is 0.0476. The molecule has 2 aliphatic heterocycles. The van der Waals surface area contributed by atoms with E-state index in [1.54, 1.807) is 20.8 Å². The van der Waals surface area contributed by atoms with Crippen LogP contribution in [0, 0.1) is 11.7 Å². The molecule has 182 valence electrons. The highest BCUT2D eigenvalue weighted by molar-refractivity contribution is 5.94. The van der Waals surface area contributed by atoms with Gasteiger partial charge in [-0.3, -0.25) is 14.2 Å². The van der Waals surface area contributed by atoms with E-state index in [4.69, 9.17) is 4.74 Å². The number of nitrogens with zero attached hydrogens (tertiary/aromatic N) is 2. The zero-order valence-corrected chi connectivity index (χ0v) is 19.4. The molecule has 3 atom stereocenters. The number of carbonyl (C=O) groups is 2. The number of halogens is 1. The highest BCUT2D eigenvalue weighted by atomic mass is 19.1. The van der Waals surface area contributed by atoms with Crippen molar-refractivity contribution in [1.29, 1.82) is 0 Å². The highest BCUT2D eigenvalue weighted by Gasteiger charge is 2.40. The number of hydrogen-bond donors (Lipinski definition) is 3. The second-order valence-corrected chi connectivity index (χ2v) is 9.93. The van der Waals surface area contributed by atoms with Gasteiger partial charge in [-0.2, -0.15) is 0 Å². The van der Waals surface area contributed by atoms with Crippen LogP contribution in [0.2, 0.25) is 0 Å². The van der Waals surface area contributed by atoms with Crippen LogP contribution in [0.4, 0.5) is 9.18 Å². The third-order valence-corrected chi connectivity index (χ3v) is 6.19. The number of hydrogen-bond acceptors (Lipinski definition) is 6. The molecule has 34 heavy (non-hydrogen) atoms. The van der Waals surface area contributed by atoms with Gasteiger partial charge in [0.2, 0.25) is 5.75 Å². The summed E-state index contributed by atoms with van der Waals surface area (Å²) in [6.07, 6.45) is 1.61. The Labute approximate surface area is 196 Å². The number of rotatable bonds is 4. The third kappa shape index (κ3) is 5.05. The molecule has 3 N–H and O–H groups in total. The van der Waals surface area contributed by atoms with E-state index in [1.165, 1.54) is 28.8 Å². The summed E-state index contributed by atoms with van der Waals surface area (Å²) in [6, 6.07) is 5.30. The fourth-order valence-electron chi connectivity index (χ4n) is 4.66. The van der Waals surface area contributed by atoms with E-state index >= 15 is 0 Å². The first kappa shape index (κ1) is 23.7. The van der Waals surface area contributed by atoms with Crippen molar-refractivity contribution in [3.8, 4) is 5.75 Å². The Morgan fingerprint density at radius 3 is 2.62 bits per heavy atom. The molecule has 3 unspecified atom stereocenters. The molecule has 1 fully saturated rings. The molecule has 1 aromatic heterocycles. The molecule has 1 saturated carbocycles. The molecule has 1 aliphatic carbocycles. The Hall–Kier alpha value is -3.43. The average molecular weight is 473 g/mol. The van der Waals surface area contributed by atoms with E-state index in [0.29, 0.717) is 30.8 Å². The van der Waals surface area contributed by atoms with Crippen molar-refractivity contribution in [3.63, 3.8) is 0 Å². The predicted molar refractivity (Wildman–Crippen MR) is 121 cm³/mol. The summed E-state index contributed by atoms with van der Waals surface area (Å²) in [5.41, 5.74) is -1.03. The van der Waals surface area contributed by atoms with E-state index in [-0.39, 0.29) is 30.1 Å². The van der Waals surface area contributed by atoms with E-state index < -0.39 is 34.7 Å². The number of carbonyl (C=O) groups excluding carboxylic acids is 2. The number of nitrogens with one attached hydrogen (secondary N) is 2. The predicted octanol–water partition coefficient (Wildman–Crippen LogP) is 2.81. The zero-order chi connectivity index (χ0) is 24.6. The molecular formula is C24H29FN4O5. The van der Waals surface area contributed by atoms with Crippen molar-refractivity contribution >= 4 is 12.0 Å². The zero-order valence-electron chi connectivity index (χ0n) is 19.4. The normalized spacial score (nSPS) is 21.4. The van der Waals surface area contributed by atoms with Crippen LogP contribution in [-0.2, 0) is 17.8 Å². The average Bonchev–Trinajstić information content (AvgIpc) is 3.02. The minimum atomic E-state index is -0.710. The lowest BCUT2D eigenvalue weighted by Gasteiger charge is -2.33. The molecule has 3 aliphatic rings. The molecule has 2 bridgehead atoms. The summed E-state index contributed by atoms with van der Waals surface area (Å²) in [7, 11) is 0. The van der Waals surface area contributed by atoms with Gasteiger partial charge in [-0.1, -0.05) is 12.1 Å². The van der Waals surface area contributed by atoms with Gasteiger partial charge in [-0.05, 0) is 63.6 Å². The monoisotopic (exact) mass is 472 g/mol. The maximum atomic E-state index is 13.1. The Balaban J connectivity index is 1.59. The molecule has 0 spiro atoms. The van der Waals surface area contributed by atoms with Crippen LogP contribution < -0.4 is 16.2 Å². The summed E-state index contributed by atoms with van der Waals surface area (Å²) in [5.74, 6) is -1.62. The largest absolute Gasteiger partial charge is 0.501 e. The summed E-state index contributed by atoms with van der Waals surface area (Å²) in [6.45, 7) is 5.77. The highest BCUT2D eigenvalue weighted by Crippen LogP contribution is 2.40. The number of alkyl carbamates (subject to hydrolysis) is 1.